The van der Waals surface area contributed by atoms with Crippen LogP contribution in [-0.4, -0.2) is 42.9 Å². The van der Waals surface area contributed by atoms with Gasteiger partial charge in [0, 0.05) is 6.42 Å². The van der Waals surface area contributed by atoms with Crippen molar-refractivity contribution in [3.8, 4) is 0 Å². The van der Waals surface area contributed by atoms with Crippen LogP contribution in [0.2, 0.25) is 0 Å². The molecule has 0 rings (SSSR count). The van der Waals surface area contributed by atoms with Gasteiger partial charge in [-0.1, -0.05) is 122 Å². The second-order valence-corrected chi connectivity index (χ2v) is 13.4. The monoisotopic (exact) mass is 516 g/mol. The van der Waals surface area contributed by atoms with Gasteiger partial charge in [0.1, 0.15) is 0 Å². The van der Waals surface area contributed by atoms with Crippen LogP contribution in [-0.2, 0) is 9.09 Å². The summed E-state index contributed by atoms with van der Waals surface area (Å²) in [4.78, 5) is 10.4. The third kappa shape index (κ3) is 21.6. The highest BCUT2D eigenvalue weighted by molar-refractivity contribution is 7.53. The van der Waals surface area contributed by atoms with Gasteiger partial charge in [0.15, 0.2) is 5.78 Å². The van der Waals surface area contributed by atoms with Crippen LogP contribution in [0.25, 0.3) is 0 Å². The van der Waals surface area contributed by atoms with Crippen molar-refractivity contribution in [3.05, 3.63) is 12.2 Å². The molecular weight excluding hydrogens is 453 g/mol. The molecule has 210 valence electrons. The average Bonchev–Trinajstić information content (AvgIpc) is 2.80. The molecule has 0 spiro atoms. The Morgan fingerprint density at radius 3 is 1.46 bits per heavy atom. The van der Waals surface area contributed by atoms with Crippen LogP contribution in [0.4, 0.5) is 0 Å². The van der Waals surface area contributed by atoms with Gasteiger partial charge in [0.05, 0.1) is 27.7 Å². The van der Waals surface area contributed by atoms with E-state index in [9.17, 15) is 9.46 Å². The predicted octanol–water partition coefficient (Wildman–Crippen LogP) is 10.0. The number of nitrogens with zero attached hydrogens (tertiary/aromatic N) is 1. The Morgan fingerprint density at radius 2 is 1.09 bits per heavy atom. The molecule has 0 aliphatic rings. The lowest BCUT2D eigenvalue weighted by molar-refractivity contribution is -0.883. The summed E-state index contributed by atoms with van der Waals surface area (Å²) in [6.45, 7) is 4.67. The molecule has 4 nitrogen and oxygen atoms in total. The van der Waals surface area contributed by atoms with Crippen molar-refractivity contribution in [1.29, 1.82) is 0 Å². The Bertz CT molecular complexity index is 530. The molecule has 2 atom stereocenters. The maximum Gasteiger partial charge on any atom is 0.385 e. The van der Waals surface area contributed by atoms with Gasteiger partial charge in [-0.2, -0.15) is 0 Å². The highest BCUT2D eigenvalue weighted by Gasteiger charge is 2.41. The first-order valence-electron chi connectivity index (χ1n) is 15.2. The third-order valence-corrected chi connectivity index (χ3v) is 9.27. The fourth-order valence-corrected chi connectivity index (χ4v) is 6.85. The molecule has 35 heavy (non-hydrogen) atoms. The molecule has 0 aromatic rings. The van der Waals surface area contributed by atoms with Crippen molar-refractivity contribution in [2.75, 3.05) is 27.7 Å². The average molecular weight is 517 g/mol. The second kappa shape index (κ2) is 23.0. The second-order valence-electron chi connectivity index (χ2n) is 11.5. The molecule has 0 bridgehead atoms. The van der Waals surface area contributed by atoms with E-state index in [1.54, 1.807) is 0 Å². The van der Waals surface area contributed by atoms with Crippen LogP contribution in [0.1, 0.15) is 149 Å². The van der Waals surface area contributed by atoms with Gasteiger partial charge in [-0.05, 0) is 32.1 Å². The van der Waals surface area contributed by atoms with Gasteiger partial charge < -0.3 is 13.9 Å². The lowest BCUT2D eigenvalue weighted by atomic mass is 10.0. The zero-order valence-corrected chi connectivity index (χ0v) is 25.3. The third-order valence-electron chi connectivity index (χ3n) is 7.01. The number of rotatable bonds is 26. The molecule has 2 unspecified atom stereocenters. The van der Waals surface area contributed by atoms with Crippen LogP contribution in [0.3, 0.4) is 0 Å². The Hall–Kier alpha value is -0.150. The van der Waals surface area contributed by atoms with Crippen molar-refractivity contribution in [2.45, 2.75) is 154 Å². The number of quaternary nitrogens is 1. The van der Waals surface area contributed by atoms with E-state index in [-0.39, 0.29) is 5.78 Å². The van der Waals surface area contributed by atoms with Gasteiger partial charge >= 0.3 is 7.60 Å². The summed E-state index contributed by atoms with van der Waals surface area (Å²) in [5, 5.41) is 0. The lowest BCUT2D eigenvalue weighted by Gasteiger charge is -2.35. The zero-order valence-electron chi connectivity index (χ0n) is 24.4. The highest BCUT2D eigenvalue weighted by atomic mass is 31.2. The van der Waals surface area contributed by atoms with Crippen LogP contribution in [0.5, 0.6) is 0 Å². The van der Waals surface area contributed by atoms with Crippen LogP contribution >= 0.6 is 7.60 Å². The predicted molar refractivity (Wildman–Crippen MR) is 155 cm³/mol. The minimum Gasteiger partial charge on any atom is -0.320 e. The van der Waals surface area contributed by atoms with E-state index in [0.717, 1.165) is 25.7 Å². The topological polar surface area (TPSA) is 46.5 Å². The first kappa shape index (κ1) is 34.9. The SMILES string of the molecule is CC/C=C\CCCCCCCCCCCCCCCCCCCOP(=O)(O)C(CCC)[N+](C)(C)C. The number of hydrogen-bond donors (Lipinski definition) is 1. The number of unbranched alkanes of at least 4 members (excludes halogenated alkanes) is 17. The fourth-order valence-electron chi connectivity index (χ4n) is 4.83. The summed E-state index contributed by atoms with van der Waals surface area (Å²) >= 11 is 0. The summed E-state index contributed by atoms with van der Waals surface area (Å²) in [5.41, 5.74) is 0. The largest absolute Gasteiger partial charge is 0.385 e. The lowest BCUT2D eigenvalue weighted by Crippen LogP contribution is -2.45. The summed E-state index contributed by atoms with van der Waals surface area (Å²) in [6, 6.07) is 0. The standard InChI is InChI=1S/C30H62NO3P/c1-6-8-9-10-11-12-13-14-15-16-17-18-19-20-21-22-23-24-25-26-27-29-34-35(32,33)30(28-7-2)31(3,4)5/h8-9,30H,6-7,10-29H2,1-5H3/p+1/b9-8-. The van der Waals surface area contributed by atoms with E-state index in [4.69, 9.17) is 4.52 Å². The molecule has 0 aromatic carbocycles. The zero-order chi connectivity index (χ0) is 26.3. The minimum atomic E-state index is -3.57. The molecule has 0 radical (unpaired) electrons. The first-order valence-corrected chi connectivity index (χ1v) is 16.8. The number of allylic oxidation sites excluding steroid dienone is 2. The van der Waals surface area contributed by atoms with Gasteiger partial charge in [0.25, 0.3) is 0 Å². The Balaban J connectivity index is 3.42. The molecule has 0 saturated heterocycles. The molecule has 5 heteroatoms. The van der Waals surface area contributed by atoms with E-state index in [1.807, 2.05) is 21.1 Å². The van der Waals surface area contributed by atoms with Gasteiger partial charge in [-0.15, -0.1) is 0 Å². The fraction of sp³-hybridized carbons (Fsp3) is 0.933. The summed E-state index contributed by atoms with van der Waals surface area (Å²) < 4.78 is 18.7. The van der Waals surface area contributed by atoms with Gasteiger partial charge in [-0.25, -0.2) is 0 Å². The molecule has 1 N–H and O–H groups in total. The van der Waals surface area contributed by atoms with E-state index >= 15 is 0 Å². The Morgan fingerprint density at radius 1 is 0.686 bits per heavy atom. The van der Waals surface area contributed by atoms with Crippen molar-refractivity contribution < 1.29 is 18.5 Å². The number of hydrogen-bond acceptors (Lipinski definition) is 2. The van der Waals surface area contributed by atoms with Crippen molar-refractivity contribution in [3.63, 3.8) is 0 Å². The highest BCUT2D eigenvalue weighted by Crippen LogP contribution is 2.51. The maximum absolute atomic E-state index is 12.7. The molecule has 0 saturated carbocycles. The summed E-state index contributed by atoms with van der Waals surface area (Å²) in [6.07, 6.45) is 31.4. The molecular formula is C30H63NO3P+. The van der Waals surface area contributed by atoms with Gasteiger partial charge in [0.2, 0.25) is 0 Å². The molecule has 0 aliphatic carbocycles. The summed E-state index contributed by atoms with van der Waals surface area (Å²) in [7, 11) is 2.36. The Labute approximate surface area is 220 Å². The minimum absolute atomic E-state index is 0.333. The molecule has 0 aliphatic heterocycles. The molecule has 0 amide bonds. The Kier molecular flexibility index (Phi) is 22.9. The normalized spacial score (nSPS) is 15.0. The molecule has 0 heterocycles. The molecule has 0 aromatic heterocycles. The smallest absolute Gasteiger partial charge is 0.320 e. The molecule has 0 fully saturated rings. The summed E-state index contributed by atoms with van der Waals surface area (Å²) in [5.74, 6) is -0.333. The van der Waals surface area contributed by atoms with E-state index < -0.39 is 7.60 Å². The van der Waals surface area contributed by atoms with E-state index in [0.29, 0.717) is 11.1 Å². The van der Waals surface area contributed by atoms with E-state index in [1.165, 1.54) is 109 Å². The van der Waals surface area contributed by atoms with Crippen molar-refractivity contribution in [1.82, 2.24) is 0 Å². The van der Waals surface area contributed by atoms with Gasteiger partial charge in [-0.3, -0.25) is 4.57 Å². The van der Waals surface area contributed by atoms with Crippen molar-refractivity contribution in [2.24, 2.45) is 0 Å². The van der Waals surface area contributed by atoms with Crippen LogP contribution in [0.15, 0.2) is 12.2 Å². The maximum atomic E-state index is 12.7. The van der Waals surface area contributed by atoms with E-state index in [2.05, 4.69) is 26.0 Å². The van der Waals surface area contributed by atoms with Crippen LogP contribution in [0, 0.1) is 0 Å². The van der Waals surface area contributed by atoms with Crippen molar-refractivity contribution >= 4 is 7.60 Å². The first-order chi connectivity index (χ1) is 16.8. The van der Waals surface area contributed by atoms with Crippen LogP contribution < -0.4 is 0 Å². The quantitative estimate of drug-likeness (QED) is 0.0538.